The van der Waals surface area contributed by atoms with Gasteiger partial charge in [0.2, 0.25) is 5.91 Å². The van der Waals surface area contributed by atoms with Crippen LogP contribution in [-0.4, -0.2) is 5.91 Å². The highest BCUT2D eigenvalue weighted by atomic mass is 16.1. The number of nitrogens with one attached hydrogen (secondary N) is 1. The predicted molar refractivity (Wildman–Crippen MR) is 70.3 cm³/mol. The Morgan fingerprint density at radius 3 is 2.76 bits per heavy atom. The molecule has 0 atom stereocenters. The third-order valence-corrected chi connectivity index (χ3v) is 2.72. The molecule has 3 N–H and O–H groups in total. The second-order valence-corrected chi connectivity index (χ2v) is 4.26. The Morgan fingerprint density at radius 1 is 1.29 bits per heavy atom. The lowest BCUT2D eigenvalue weighted by atomic mass is 10.1. The molecule has 0 saturated carbocycles. The molecular formula is C14H22N2O. The Kier molecular flexibility index (Phi) is 6.33. The number of hydrogen-bond donors (Lipinski definition) is 2. The molecule has 0 fully saturated rings. The van der Waals surface area contributed by atoms with Crippen molar-refractivity contribution < 1.29 is 4.79 Å². The van der Waals surface area contributed by atoms with E-state index in [2.05, 4.69) is 12.2 Å². The molecule has 0 saturated heterocycles. The van der Waals surface area contributed by atoms with Gasteiger partial charge in [-0.3, -0.25) is 4.79 Å². The summed E-state index contributed by atoms with van der Waals surface area (Å²) >= 11 is 0. The summed E-state index contributed by atoms with van der Waals surface area (Å²) in [6.45, 7) is 3.27. The lowest BCUT2D eigenvalue weighted by Gasteiger charge is -2.06. The number of carbonyl (C=O) groups excluding carboxylic acids is 1. The van der Waals surface area contributed by atoms with E-state index >= 15 is 0 Å². The highest BCUT2D eigenvalue weighted by Gasteiger charge is 2.01. The Balaban J connectivity index is 2.31. The summed E-state index contributed by atoms with van der Waals surface area (Å²) in [5, 5.41) is 2.93. The number of rotatable bonds is 7. The zero-order chi connectivity index (χ0) is 12.5. The molecule has 1 rings (SSSR count). The molecule has 0 aliphatic heterocycles. The van der Waals surface area contributed by atoms with Gasteiger partial charge in [0, 0.05) is 19.5 Å². The van der Waals surface area contributed by atoms with Crippen molar-refractivity contribution in [1.82, 2.24) is 5.32 Å². The average molecular weight is 234 g/mol. The van der Waals surface area contributed by atoms with Crippen molar-refractivity contribution in [3.8, 4) is 0 Å². The second-order valence-electron chi connectivity index (χ2n) is 4.26. The molecule has 0 aliphatic rings. The first-order chi connectivity index (χ1) is 8.26. The molecule has 3 nitrogen and oxygen atoms in total. The molecule has 0 unspecified atom stereocenters. The standard InChI is InChI=1S/C14H22N2O/c1-2-3-4-8-14(17)16-11-13-7-5-6-12(9-13)10-15/h5-7,9H,2-4,8,10-11,15H2,1H3,(H,16,17). The van der Waals surface area contributed by atoms with Crippen molar-refractivity contribution in [3.05, 3.63) is 35.4 Å². The largest absolute Gasteiger partial charge is 0.352 e. The van der Waals surface area contributed by atoms with Gasteiger partial charge in [-0.1, -0.05) is 44.0 Å². The molecule has 3 heteroatoms. The summed E-state index contributed by atoms with van der Waals surface area (Å²) in [6, 6.07) is 8.01. The Morgan fingerprint density at radius 2 is 2.06 bits per heavy atom. The lowest BCUT2D eigenvalue weighted by Crippen LogP contribution is -2.22. The first-order valence-corrected chi connectivity index (χ1v) is 6.31. The summed E-state index contributed by atoms with van der Waals surface area (Å²) < 4.78 is 0. The molecule has 1 amide bonds. The molecule has 1 aromatic carbocycles. The van der Waals surface area contributed by atoms with E-state index in [9.17, 15) is 4.79 Å². The first kappa shape index (κ1) is 13.7. The number of nitrogens with two attached hydrogens (primary N) is 1. The van der Waals surface area contributed by atoms with E-state index in [0.29, 0.717) is 19.5 Å². The van der Waals surface area contributed by atoms with Gasteiger partial charge in [-0.05, 0) is 17.5 Å². The maximum atomic E-state index is 11.5. The molecule has 0 aromatic heterocycles. The van der Waals surface area contributed by atoms with Crippen LogP contribution in [0.5, 0.6) is 0 Å². The fraction of sp³-hybridized carbons (Fsp3) is 0.500. The summed E-state index contributed by atoms with van der Waals surface area (Å²) in [4.78, 5) is 11.5. The van der Waals surface area contributed by atoms with Crippen molar-refractivity contribution in [1.29, 1.82) is 0 Å². The van der Waals surface area contributed by atoms with Crippen LogP contribution in [0.15, 0.2) is 24.3 Å². The van der Waals surface area contributed by atoms with Crippen molar-refractivity contribution >= 4 is 5.91 Å². The minimum Gasteiger partial charge on any atom is -0.352 e. The van der Waals surface area contributed by atoms with E-state index in [1.54, 1.807) is 0 Å². The number of hydrogen-bond acceptors (Lipinski definition) is 2. The van der Waals surface area contributed by atoms with Crippen LogP contribution in [0.25, 0.3) is 0 Å². The van der Waals surface area contributed by atoms with Gasteiger partial charge in [0.25, 0.3) is 0 Å². The predicted octanol–water partition coefficient (Wildman–Crippen LogP) is 2.34. The molecule has 1 aromatic rings. The van der Waals surface area contributed by atoms with Gasteiger partial charge in [0.05, 0.1) is 0 Å². The molecule has 94 valence electrons. The van der Waals surface area contributed by atoms with Gasteiger partial charge in [-0.15, -0.1) is 0 Å². The topological polar surface area (TPSA) is 55.1 Å². The lowest BCUT2D eigenvalue weighted by molar-refractivity contribution is -0.121. The number of amides is 1. The Labute approximate surface area is 103 Å². The van der Waals surface area contributed by atoms with E-state index in [1.807, 2.05) is 24.3 Å². The van der Waals surface area contributed by atoms with Crippen molar-refractivity contribution in [2.45, 2.75) is 45.7 Å². The average Bonchev–Trinajstić information content (AvgIpc) is 2.37. The van der Waals surface area contributed by atoms with Crippen molar-refractivity contribution in [2.24, 2.45) is 5.73 Å². The van der Waals surface area contributed by atoms with Gasteiger partial charge >= 0.3 is 0 Å². The van der Waals surface area contributed by atoms with E-state index in [4.69, 9.17) is 5.73 Å². The van der Waals surface area contributed by atoms with Crippen molar-refractivity contribution in [3.63, 3.8) is 0 Å². The van der Waals surface area contributed by atoms with Crippen LogP contribution in [0.1, 0.15) is 43.7 Å². The summed E-state index contributed by atoms with van der Waals surface area (Å²) in [6.07, 6.45) is 3.87. The maximum Gasteiger partial charge on any atom is 0.220 e. The third-order valence-electron chi connectivity index (χ3n) is 2.72. The summed E-state index contributed by atoms with van der Waals surface area (Å²) in [5.74, 6) is 0.136. The summed E-state index contributed by atoms with van der Waals surface area (Å²) in [7, 11) is 0. The fourth-order valence-electron chi connectivity index (χ4n) is 1.69. The van der Waals surface area contributed by atoms with E-state index in [1.165, 1.54) is 0 Å². The van der Waals surface area contributed by atoms with Crippen LogP contribution in [-0.2, 0) is 17.9 Å². The molecule has 0 spiro atoms. The smallest absolute Gasteiger partial charge is 0.220 e. The van der Waals surface area contributed by atoms with Gasteiger partial charge in [-0.2, -0.15) is 0 Å². The van der Waals surface area contributed by atoms with Crippen LogP contribution in [0.2, 0.25) is 0 Å². The van der Waals surface area contributed by atoms with E-state index in [-0.39, 0.29) is 5.91 Å². The number of carbonyl (C=O) groups is 1. The minimum absolute atomic E-state index is 0.136. The van der Waals surface area contributed by atoms with Gasteiger partial charge in [-0.25, -0.2) is 0 Å². The molecule has 0 heterocycles. The fourth-order valence-corrected chi connectivity index (χ4v) is 1.69. The van der Waals surface area contributed by atoms with E-state index in [0.717, 1.165) is 30.4 Å². The zero-order valence-electron chi connectivity index (χ0n) is 10.5. The number of unbranched alkanes of at least 4 members (excludes halogenated alkanes) is 2. The molecular weight excluding hydrogens is 212 g/mol. The normalized spacial score (nSPS) is 10.2. The molecule has 0 aliphatic carbocycles. The SMILES string of the molecule is CCCCCC(=O)NCc1cccc(CN)c1. The van der Waals surface area contributed by atoms with Crippen LogP contribution < -0.4 is 11.1 Å². The van der Waals surface area contributed by atoms with Gasteiger partial charge in [0.1, 0.15) is 0 Å². The summed E-state index contributed by atoms with van der Waals surface area (Å²) in [5.41, 5.74) is 7.78. The zero-order valence-corrected chi connectivity index (χ0v) is 10.5. The quantitative estimate of drug-likeness (QED) is 0.711. The molecule has 0 bridgehead atoms. The first-order valence-electron chi connectivity index (χ1n) is 6.31. The molecule has 0 radical (unpaired) electrons. The van der Waals surface area contributed by atoms with Gasteiger partial charge in [0.15, 0.2) is 0 Å². The Bertz CT molecular complexity index is 350. The molecule has 17 heavy (non-hydrogen) atoms. The van der Waals surface area contributed by atoms with Crippen LogP contribution >= 0.6 is 0 Å². The van der Waals surface area contributed by atoms with Crippen LogP contribution in [0.4, 0.5) is 0 Å². The maximum absolute atomic E-state index is 11.5. The monoisotopic (exact) mass is 234 g/mol. The van der Waals surface area contributed by atoms with Gasteiger partial charge < -0.3 is 11.1 Å². The Hall–Kier alpha value is -1.35. The third kappa shape index (κ3) is 5.50. The van der Waals surface area contributed by atoms with Crippen LogP contribution in [0.3, 0.4) is 0 Å². The van der Waals surface area contributed by atoms with E-state index < -0.39 is 0 Å². The van der Waals surface area contributed by atoms with Crippen molar-refractivity contribution in [2.75, 3.05) is 0 Å². The van der Waals surface area contributed by atoms with Crippen LogP contribution in [0, 0.1) is 0 Å². The highest BCUT2D eigenvalue weighted by Crippen LogP contribution is 2.05. The minimum atomic E-state index is 0.136. The highest BCUT2D eigenvalue weighted by molar-refractivity contribution is 5.75. The second kappa shape index (κ2) is 7.85. The number of benzene rings is 1.